The summed E-state index contributed by atoms with van der Waals surface area (Å²) in [5, 5.41) is 1.65. The Hall–Kier alpha value is -2.71. The Morgan fingerprint density at radius 3 is 2.42 bits per heavy atom. The van der Waals surface area contributed by atoms with Gasteiger partial charge in [0.25, 0.3) is 0 Å². The van der Waals surface area contributed by atoms with E-state index in [1.807, 2.05) is 12.1 Å². The quantitative estimate of drug-likeness (QED) is 0.273. The second-order valence-electron chi connectivity index (χ2n) is 9.74. The van der Waals surface area contributed by atoms with Crippen LogP contribution < -0.4 is 0 Å². The zero-order chi connectivity index (χ0) is 28.8. The number of sulfone groups is 1. The average molecular weight is 606 g/mol. The third-order valence-electron chi connectivity index (χ3n) is 7.11. The number of carbonyl (C=O) groups excluding carboxylic acids is 1. The van der Waals surface area contributed by atoms with Gasteiger partial charge in [-0.15, -0.1) is 11.3 Å². The molecule has 4 rings (SSSR count). The molecule has 216 valence electrons. The number of thiazole rings is 1. The molecule has 1 aromatic carbocycles. The molecule has 1 unspecified atom stereocenters. The number of aromatic nitrogens is 2. The van der Waals surface area contributed by atoms with Crippen molar-refractivity contribution in [1.82, 2.24) is 24.1 Å². The van der Waals surface area contributed by atoms with Crippen LogP contribution in [0.25, 0.3) is 0 Å². The number of piperazine rings is 1. The van der Waals surface area contributed by atoms with Gasteiger partial charge in [-0.1, -0.05) is 19.1 Å². The number of rotatable bonds is 13. The van der Waals surface area contributed by atoms with Gasteiger partial charge < -0.3 is 9.80 Å². The van der Waals surface area contributed by atoms with Gasteiger partial charge in [-0.2, -0.15) is 4.31 Å². The van der Waals surface area contributed by atoms with Crippen molar-refractivity contribution < 1.29 is 21.6 Å². The molecule has 1 fully saturated rings. The molecule has 1 aliphatic heterocycles. The van der Waals surface area contributed by atoms with E-state index in [1.165, 1.54) is 29.0 Å². The third kappa shape index (κ3) is 7.13. The molecule has 40 heavy (non-hydrogen) atoms. The summed E-state index contributed by atoms with van der Waals surface area (Å²) in [4.78, 5) is 25.0. The van der Waals surface area contributed by atoms with Gasteiger partial charge in [-0.25, -0.2) is 21.8 Å². The standard InChI is InChI=1S/C27H35N5O5S3/c1-3-30(22(2)19-23-8-10-24(11-9-23)39(34,35)27-29-13-18-38-27)14-4-5-15-31-16-17-32(21-26(31)33)40(36,37)25-7-6-12-28-20-25/h6-13,18,20,22H,3-5,14-17,19,21H2,1-2H3. The fraction of sp³-hybridized carbons (Fsp3) is 0.444. The fourth-order valence-electron chi connectivity index (χ4n) is 4.80. The number of hydrogen-bond donors (Lipinski definition) is 0. The summed E-state index contributed by atoms with van der Waals surface area (Å²) in [5.74, 6) is -0.181. The molecule has 0 bridgehead atoms. The number of carbonyl (C=O) groups is 1. The second-order valence-corrected chi connectivity index (χ2v) is 14.7. The Balaban J connectivity index is 1.22. The first-order chi connectivity index (χ1) is 19.1. The van der Waals surface area contributed by atoms with Crippen molar-refractivity contribution in [2.75, 3.05) is 39.3 Å². The lowest BCUT2D eigenvalue weighted by Gasteiger charge is -2.34. The summed E-state index contributed by atoms with van der Waals surface area (Å²) in [7, 11) is -7.31. The Morgan fingerprint density at radius 1 is 1.02 bits per heavy atom. The second kappa shape index (κ2) is 13.3. The van der Waals surface area contributed by atoms with Crippen LogP contribution in [0.2, 0.25) is 0 Å². The Morgan fingerprint density at radius 2 is 1.80 bits per heavy atom. The van der Waals surface area contributed by atoms with E-state index in [2.05, 4.69) is 28.7 Å². The lowest BCUT2D eigenvalue weighted by molar-refractivity contribution is -0.134. The molecule has 10 nitrogen and oxygen atoms in total. The predicted octanol–water partition coefficient (Wildman–Crippen LogP) is 2.94. The molecular formula is C27H35N5O5S3. The molecule has 1 aliphatic rings. The molecule has 3 aromatic rings. The summed E-state index contributed by atoms with van der Waals surface area (Å²) in [6.07, 6.45) is 6.83. The molecule has 0 radical (unpaired) electrons. The number of likely N-dealkylation sites (N-methyl/N-ethyl adjacent to an activating group) is 1. The molecule has 0 aliphatic carbocycles. The van der Waals surface area contributed by atoms with E-state index in [9.17, 15) is 21.6 Å². The minimum absolute atomic E-state index is 0.0988. The summed E-state index contributed by atoms with van der Waals surface area (Å²) >= 11 is 1.11. The maximum atomic E-state index is 12.8. The van der Waals surface area contributed by atoms with E-state index < -0.39 is 19.9 Å². The monoisotopic (exact) mass is 605 g/mol. The van der Waals surface area contributed by atoms with Crippen molar-refractivity contribution in [1.29, 1.82) is 0 Å². The maximum Gasteiger partial charge on any atom is 0.245 e. The molecule has 0 N–H and O–H groups in total. The van der Waals surface area contributed by atoms with E-state index in [1.54, 1.807) is 28.5 Å². The highest BCUT2D eigenvalue weighted by Crippen LogP contribution is 2.23. The van der Waals surface area contributed by atoms with E-state index in [0.29, 0.717) is 13.1 Å². The highest BCUT2D eigenvalue weighted by atomic mass is 32.2. The van der Waals surface area contributed by atoms with Crippen LogP contribution in [0.15, 0.2) is 74.5 Å². The molecule has 0 spiro atoms. The number of hydrogen-bond acceptors (Lipinski definition) is 9. The van der Waals surface area contributed by atoms with Gasteiger partial charge in [0.05, 0.1) is 11.4 Å². The molecular weight excluding hydrogens is 571 g/mol. The van der Waals surface area contributed by atoms with Crippen LogP contribution in [0.1, 0.15) is 32.3 Å². The predicted molar refractivity (Wildman–Crippen MR) is 153 cm³/mol. The van der Waals surface area contributed by atoms with Gasteiger partial charge in [0.1, 0.15) is 4.90 Å². The molecule has 13 heteroatoms. The van der Waals surface area contributed by atoms with Gasteiger partial charge >= 0.3 is 0 Å². The molecule has 1 atom stereocenters. The zero-order valence-corrected chi connectivity index (χ0v) is 25.2. The van der Waals surface area contributed by atoms with E-state index >= 15 is 0 Å². The van der Waals surface area contributed by atoms with Crippen LogP contribution >= 0.6 is 11.3 Å². The Bertz CT molecular complexity index is 1460. The first-order valence-electron chi connectivity index (χ1n) is 13.3. The average Bonchev–Trinajstić information content (AvgIpc) is 3.51. The topological polar surface area (TPSA) is 121 Å². The minimum Gasteiger partial charge on any atom is -0.340 e. The van der Waals surface area contributed by atoms with E-state index in [-0.39, 0.29) is 39.2 Å². The number of benzene rings is 1. The lowest BCUT2D eigenvalue weighted by atomic mass is 10.1. The zero-order valence-electron chi connectivity index (χ0n) is 22.7. The number of nitrogens with zero attached hydrogens (tertiary/aromatic N) is 5. The van der Waals surface area contributed by atoms with Crippen LogP contribution in [-0.4, -0.2) is 92.1 Å². The molecule has 3 heterocycles. The summed E-state index contributed by atoms with van der Waals surface area (Å²) < 4.78 is 52.2. The van der Waals surface area contributed by atoms with Crippen molar-refractivity contribution in [2.24, 2.45) is 0 Å². The smallest absolute Gasteiger partial charge is 0.245 e. The first kappa shape index (κ1) is 30.3. The number of amides is 1. The molecule has 1 amide bonds. The highest BCUT2D eigenvalue weighted by Gasteiger charge is 2.32. The molecule has 1 saturated heterocycles. The summed E-state index contributed by atoms with van der Waals surface area (Å²) in [6.45, 7) is 7.12. The summed E-state index contributed by atoms with van der Waals surface area (Å²) in [5.41, 5.74) is 1.06. The minimum atomic E-state index is -3.73. The van der Waals surface area contributed by atoms with Crippen LogP contribution in [0.4, 0.5) is 0 Å². The number of pyridine rings is 1. The van der Waals surface area contributed by atoms with Gasteiger partial charge in [0, 0.05) is 49.6 Å². The summed E-state index contributed by atoms with van der Waals surface area (Å²) in [6, 6.07) is 10.3. The first-order valence-corrected chi connectivity index (χ1v) is 17.1. The van der Waals surface area contributed by atoms with E-state index in [4.69, 9.17) is 0 Å². The third-order valence-corrected chi connectivity index (χ3v) is 11.9. The Kier molecular flexibility index (Phi) is 10.1. The fourth-order valence-corrected chi connectivity index (χ4v) is 8.37. The van der Waals surface area contributed by atoms with Gasteiger partial charge in [-0.05, 0) is 69.1 Å². The highest BCUT2D eigenvalue weighted by molar-refractivity contribution is 7.93. The number of sulfonamides is 1. The van der Waals surface area contributed by atoms with Gasteiger partial charge in [0.15, 0.2) is 0 Å². The van der Waals surface area contributed by atoms with Crippen molar-refractivity contribution >= 4 is 37.1 Å². The van der Waals surface area contributed by atoms with Crippen molar-refractivity contribution in [2.45, 2.75) is 53.3 Å². The largest absolute Gasteiger partial charge is 0.340 e. The van der Waals surface area contributed by atoms with Crippen LogP contribution in [-0.2, 0) is 31.1 Å². The lowest BCUT2D eigenvalue weighted by Crippen LogP contribution is -2.52. The molecule has 0 saturated carbocycles. The normalized spacial score (nSPS) is 16.0. The van der Waals surface area contributed by atoms with Crippen molar-refractivity contribution in [3.63, 3.8) is 0 Å². The van der Waals surface area contributed by atoms with Crippen LogP contribution in [0.3, 0.4) is 0 Å². The maximum absolute atomic E-state index is 12.8. The van der Waals surface area contributed by atoms with E-state index in [0.717, 1.165) is 49.3 Å². The van der Waals surface area contributed by atoms with Gasteiger partial charge in [0.2, 0.25) is 30.1 Å². The van der Waals surface area contributed by atoms with Crippen LogP contribution in [0, 0.1) is 0 Å². The van der Waals surface area contributed by atoms with Crippen LogP contribution in [0.5, 0.6) is 0 Å². The SMILES string of the molecule is CCN(CCCCN1CCN(S(=O)(=O)c2cccnc2)CC1=O)C(C)Cc1ccc(S(=O)(=O)c2nccs2)cc1. The van der Waals surface area contributed by atoms with Gasteiger partial charge in [-0.3, -0.25) is 9.78 Å². The Labute approximate surface area is 240 Å². The van der Waals surface area contributed by atoms with Crippen molar-refractivity contribution in [3.8, 4) is 0 Å². The van der Waals surface area contributed by atoms with Crippen molar-refractivity contribution in [3.05, 3.63) is 65.9 Å². The number of unbranched alkanes of at least 4 members (excludes halogenated alkanes) is 1. The molecule has 2 aromatic heterocycles.